The molecule has 1 aliphatic carbocycles. The summed E-state index contributed by atoms with van der Waals surface area (Å²) in [6, 6.07) is 0. The highest BCUT2D eigenvalue weighted by Gasteiger charge is 2.40. The molecule has 2 heterocycles. The Bertz CT molecular complexity index is 656. The van der Waals surface area contributed by atoms with Crippen LogP contribution in [0.2, 0.25) is 0 Å². The number of aryl methyl sites for hydroxylation is 1. The van der Waals surface area contributed by atoms with Gasteiger partial charge in [0.15, 0.2) is 5.96 Å². The third-order valence-corrected chi connectivity index (χ3v) is 7.20. The van der Waals surface area contributed by atoms with Crippen molar-refractivity contribution in [2.75, 3.05) is 45.2 Å². The van der Waals surface area contributed by atoms with Crippen molar-refractivity contribution in [1.29, 1.82) is 0 Å². The lowest BCUT2D eigenvalue weighted by Gasteiger charge is -2.44. The molecule has 1 saturated carbocycles. The lowest BCUT2D eigenvalue weighted by Crippen LogP contribution is -2.57. The summed E-state index contributed by atoms with van der Waals surface area (Å²) in [5.41, 5.74) is 2.78. The van der Waals surface area contributed by atoms with E-state index in [-0.39, 0.29) is 0 Å². The van der Waals surface area contributed by atoms with Gasteiger partial charge in [0.05, 0.1) is 5.69 Å². The average Bonchev–Trinajstić information content (AvgIpc) is 3.30. The maximum atomic E-state index is 4.65. The van der Waals surface area contributed by atoms with Crippen LogP contribution in [0.25, 0.3) is 0 Å². The van der Waals surface area contributed by atoms with E-state index in [1.165, 1.54) is 61.5 Å². The van der Waals surface area contributed by atoms with Crippen molar-refractivity contribution in [2.45, 2.75) is 57.5 Å². The largest absolute Gasteiger partial charge is 0.354 e. The van der Waals surface area contributed by atoms with E-state index >= 15 is 0 Å². The van der Waals surface area contributed by atoms with E-state index in [1.807, 2.05) is 18.8 Å². The molecule has 1 aromatic heterocycles. The SMILES string of the molecule is CN=C(NCC1(N2CCSCC2)CCCC1)N(C)Cc1cn(C)nc1C(C)C. The van der Waals surface area contributed by atoms with Crippen molar-refractivity contribution in [3.8, 4) is 0 Å². The fourth-order valence-corrected chi connectivity index (χ4v) is 5.70. The highest BCUT2D eigenvalue weighted by Crippen LogP contribution is 2.36. The van der Waals surface area contributed by atoms with Gasteiger partial charge >= 0.3 is 0 Å². The lowest BCUT2D eigenvalue weighted by atomic mass is 9.94. The molecular formula is C21H38N6S. The van der Waals surface area contributed by atoms with Gasteiger partial charge < -0.3 is 10.2 Å². The number of nitrogens with zero attached hydrogens (tertiary/aromatic N) is 5. The third kappa shape index (κ3) is 4.85. The summed E-state index contributed by atoms with van der Waals surface area (Å²) in [5, 5.41) is 8.38. The second kappa shape index (κ2) is 9.53. The molecule has 0 atom stereocenters. The molecule has 0 spiro atoms. The Morgan fingerprint density at radius 2 is 2.00 bits per heavy atom. The molecule has 1 saturated heterocycles. The van der Waals surface area contributed by atoms with Gasteiger partial charge in [-0.3, -0.25) is 14.6 Å². The fourth-order valence-electron chi connectivity index (χ4n) is 4.80. The van der Waals surface area contributed by atoms with E-state index in [0.29, 0.717) is 11.5 Å². The molecule has 0 amide bonds. The van der Waals surface area contributed by atoms with E-state index in [9.17, 15) is 0 Å². The molecule has 7 heteroatoms. The van der Waals surface area contributed by atoms with Crippen molar-refractivity contribution in [1.82, 2.24) is 24.9 Å². The van der Waals surface area contributed by atoms with Crippen molar-refractivity contribution in [3.63, 3.8) is 0 Å². The second-order valence-electron chi connectivity index (χ2n) is 8.66. The maximum absolute atomic E-state index is 4.65. The standard InChI is InChI=1S/C21H38N6S/c1-17(2)19-18(15-26(5)24-19)14-25(4)20(22-3)23-16-21(8-6-7-9-21)27-10-12-28-13-11-27/h15,17H,6-14,16H2,1-5H3,(H,22,23). The first-order chi connectivity index (χ1) is 13.4. The number of nitrogens with one attached hydrogen (secondary N) is 1. The maximum Gasteiger partial charge on any atom is 0.193 e. The Morgan fingerprint density at radius 1 is 1.32 bits per heavy atom. The van der Waals surface area contributed by atoms with Crippen LogP contribution in [-0.4, -0.2) is 76.3 Å². The Labute approximate surface area is 175 Å². The first-order valence-electron chi connectivity index (χ1n) is 10.7. The Hall–Kier alpha value is -1.21. The topological polar surface area (TPSA) is 48.7 Å². The molecule has 0 radical (unpaired) electrons. The Balaban J connectivity index is 1.64. The number of aromatic nitrogens is 2. The van der Waals surface area contributed by atoms with Crippen LogP contribution in [0.3, 0.4) is 0 Å². The van der Waals surface area contributed by atoms with Crippen LogP contribution in [0.5, 0.6) is 0 Å². The molecule has 28 heavy (non-hydrogen) atoms. The van der Waals surface area contributed by atoms with Crippen LogP contribution in [-0.2, 0) is 13.6 Å². The van der Waals surface area contributed by atoms with Gasteiger partial charge in [-0.15, -0.1) is 0 Å². The highest BCUT2D eigenvalue weighted by atomic mass is 32.2. The van der Waals surface area contributed by atoms with E-state index in [0.717, 1.165) is 19.0 Å². The summed E-state index contributed by atoms with van der Waals surface area (Å²) in [7, 11) is 6.03. The molecule has 0 bridgehead atoms. The van der Waals surface area contributed by atoms with Gasteiger partial charge in [-0.05, 0) is 18.8 Å². The molecule has 3 rings (SSSR count). The molecule has 1 N–H and O–H groups in total. The number of hydrogen-bond acceptors (Lipinski definition) is 4. The van der Waals surface area contributed by atoms with Gasteiger partial charge in [0.2, 0.25) is 0 Å². The van der Waals surface area contributed by atoms with E-state index in [1.54, 1.807) is 0 Å². The van der Waals surface area contributed by atoms with Gasteiger partial charge in [-0.2, -0.15) is 16.9 Å². The molecule has 0 unspecified atom stereocenters. The smallest absolute Gasteiger partial charge is 0.193 e. The second-order valence-corrected chi connectivity index (χ2v) is 9.88. The summed E-state index contributed by atoms with van der Waals surface area (Å²) in [6.07, 6.45) is 7.47. The predicted octanol–water partition coefficient (Wildman–Crippen LogP) is 2.91. The van der Waals surface area contributed by atoms with Crippen LogP contribution in [0.4, 0.5) is 0 Å². The van der Waals surface area contributed by atoms with Crippen LogP contribution in [0.15, 0.2) is 11.2 Å². The Kier molecular flexibility index (Phi) is 7.31. The number of thioether (sulfide) groups is 1. The van der Waals surface area contributed by atoms with Crippen LogP contribution < -0.4 is 5.32 Å². The van der Waals surface area contributed by atoms with Gasteiger partial charge in [0, 0.05) is 76.1 Å². The monoisotopic (exact) mass is 406 g/mol. The lowest BCUT2D eigenvalue weighted by molar-refractivity contribution is 0.106. The minimum atomic E-state index is 0.315. The molecular weight excluding hydrogens is 368 g/mol. The number of guanidine groups is 1. The fraction of sp³-hybridized carbons (Fsp3) is 0.810. The normalized spacial score (nSPS) is 20.7. The van der Waals surface area contributed by atoms with Crippen molar-refractivity contribution < 1.29 is 0 Å². The molecule has 6 nitrogen and oxygen atoms in total. The summed E-state index contributed by atoms with van der Waals surface area (Å²) in [5.74, 6) is 3.96. The van der Waals surface area contributed by atoms with Gasteiger partial charge in [0.1, 0.15) is 0 Å². The minimum Gasteiger partial charge on any atom is -0.354 e. The highest BCUT2D eigenvalue weighted by molar-refractivity contribution is 7.99. The Morgan fingerprint density at radius 3 is 2.61 bits per heavy atom. The van der Waals surface area contributed by atoms with E-state index < -0.39 is 0 Å². The summed E-state index contributed by atoms with van der Waals surface area (Å²) in [6.45, 7) is 8.70. The van der Waals surface area contributed by atoms with Crippen LogP contribution in [0.1, 0.15) is 56.7 Å². The number of rotatable bonds is 6. The predicted molar refractivity (Wildman–Crippen MR) is 120 cm³/mol. The number of aliphatic imine (C=N–C) groups is 1. The van der Waals surface area contributed by atoms with Gasteiger partial charge in [-0.1, -0.05) is 26.7 Å². The average molecular weight is 407 g/mol. The number of hydrogen-bond donors (Lipinski definition) is 1. The zero-order valence-electron chi connectivity index (χ0n) is 18.4. The first-order valence-corrected chi connectivity index (χ1v) is 11.9. The zero-order chi connectivity index (χ0) is 20.1. The quantitative estimate of drug-likeness (QED) is 0.581. The summed E-state index contributed by atoms with van der Waals surface area (Å²) < 4.78 is 1.93. The first kappa shape index (κ1) is 21.5. The van der Waals surface area contributed by atoms with E-state index in [2.05, 4.69) is 64.1 Å². The molecule has 158 valence electrons. The molecule has 2 aliphatic rings. The van der Waals surface area contributed by atoms with Crippen molar-refractivity contribution >= 4 is 17.7 Å². The van der Waals surface area contributed by atoms with E-state index in [4.69, 9.17) is 0 Å². The van der Waals surface area contributed by atoms with Gasteiger partial charge in [-0.25, -0.2) is 0 Å². The van der Waals surface area contributed by atoms with Gasteiger partial charge in [0.25, 0.3) is 0 Å². The van der Waals surface area contributed by atoms with Crippen molar-refractivity contribution in [3.05, 3.63) is 17.5 Å². The molecule has 2 fully saturated rings. The minimum absolute atomic E-state index is 0.315. The molecule has 0 aromatic carbocycles. The molecule has 1 aliphatic heterocycles. The van der Waals surface area contributed by atoms with Crippen LogP contribution in [0, 0.1) is 0 Å². The van der Waals surface area contributed by atoms with Crippen LogP contribution >= 0.6 is 11.8 Å². The van der Waals surface area contributed by atoms with Crippen molar-refractivity contribution in [2.24, 2.45) is 12.0 Å². The summed E-state index contributed by atoms with van der Waals surface area (Å²) >= 11 is 2.09. The third-order valence-electron chi connectivity index (χ3n) is 6.26. The zero-order valence-corrected chi connectivity index (χ0v) is 19.2. The molecule has 1 aromatic rings. The summed E-state index contributed by atoms with van der Waals surface area (Å²) in [4.78, 5) is 9.58.